The monoisotopic (exact) mass is 282 g/mol. The van der Waals surface area contributed by atoms with E-state index in [-0.39, 0.29) is 12.2 Å². The van der Waals surface area contributed by atoms with Gasteiger partial charge in [-0.25, -0.2) is 9.48 Å². The van der Waals surface area contributed by atoms with Crippen LogP contribution in [0.25, 0.3) is 0 Å². The molecular formula is C14H26N4O2. The van der Waals surface area contributed by atoms with Crippen LogP contribution in [-0.4, -0.2) is 27.6 Å². The molecule has 0 radical (unpaired) electrons. The molecule has 6 nitrogen and oxygen atoms in total. The summed E-state index contributed by atoms with van der Waals surface area (Å²) < 4.78 is 6.67. The van der Waals surface area contributed by atoms with Gasteiger partial charge in [0.15, 0.2) is 5.69 Å². The standard InChI is InChI=1S/C14H26N4O2/c1-3-5-6-7-8-9-10-18-12(11-15)13(16-17-18)14(19)20-4-2/h3-11,15H2,1-2H3. The van der Waals surface area contributed by atoms with Crippen LogP contribution in [0.5, 0.6) is 0 Å². The third kappa shape index (κ3) is 4.92. The smallest absolute Gasteiger partial charge is 0.360 e. The molecule has 0 fully saturated rings. The summed E-state index contributed by atoms with van der Waals surface area (Å²) in [5.74, 6) is -0.442. The average Bonchev–Trinajstić information content (AvgIpc) is 2.86. The Balaban J connectivity index is 2.48. The molecule has 1 heterocycles. The Bertz CT molecular complexity index is 404. The number of carbonyl (C=O) groups excluding carboxylic acids is 1. The lowest BCUT2D eigenvalue weighted by atomic mass is 10.1. The Morgan fingerprint density at radius 2 is 1.90 bits per heavy atom. The first kappa shape index (κ1) is 16.6. The van der Waals surface area contributed by atoms with Crippen LogP contribution in [0.1, 0.15) is 68.6 Å². The van der Waals surface area contributed by atoms with E-state index in [0.717, 1.165) is 13.0 Å². The van der Waals surface area contributed by atoms with Crippen LogP contribution in [-0.2, 0) is 17.8 Å². The van der Waals surface area contributed by atoms with Gasteiger partial charge in [0, 0.05) is 13.1 Å². The van der Waals surface area contributed by atoms with Crippen molar-refractivity contribution in [1.29, 1.82) is 0 Å². The molecule has 20 heavy (non-hydrogen) atoms. The molecule has 2 N–H and O–H groups in total. The second-order valence-electron chi connectivity index (χ2n) is 4.80. The molecule has 0 saturated carbocycles. The Morgan fingerprint density at radius 1 is 1.20 bits per heavy atom. The van der Waals surface area contributed by atoms with E-state index in [1.54, 1.807) is 11.6 Å². The molecule has 0 saturated heterocycles. The van der Waals surface area contributed by atoms with Gasteiger partial charge >= 0.3 is 5.97 Å². The van der Waals surface area contributed by atoms with E-state index < -0.39 is 5.97 Å². The van der Waals surface area contributed by atoms with Crippen molar-refractivity contribution >= 4 is 5.97 Å². The van der Waals surface area contributed by atoms with Gasteiger partial charge in [0.25, 0.3) is 0 Å². The molecular weight excluding hydrogens is 256 g/mol. The number of rotatable bonds is 10. The molecule has 1 aromatic rings. The van der Waals surface area contributed by atoms with E-state index in [1.807, 2.05) is 0 Å². The summed E-state index contributed by atoms with van der Waals surface area (Å²) >= 11 is 0. The number of aromatic nitrogens is 3. The Kier molecular flexibility index (Phi) is 7.87. The fourth-order valence-electron chi connectivity index (χ4n) is 2.11. The number of aryl methyl sites for hydroxylation is 1. The molecule has 0 amide bonds. The molecule has 0 atom stereocenters. The average molecular weight is 282 g/mol. The summed E-state index contributed by atoms with van der Waals surface area (Å²) in [6.45, 7) is 5.30. The zero-order valence-electron chi connectivity index (χ0n) is 12.6. The second-order valence-corrected chi connectivity index (χ2v) is 4.80. The van der Waals surface area contributed by atoms with Crippen LogP contribution in [0.2, 0.25) is 0 Å². The number of hydrogen-bond acceptors (Lipinski definition) is 5. The Labute approximate surface area is 120 Å². The molecule has 0 aliphatic carbocycles. The van der Waals surface area contributed by atoms with Crippen molar-refractivity contribution in [2.75, 3.05) is 6.61 Å². The number of carbonyl (C=O) groups is 1. The van der Waals surface area contributed by atoms with E-state index in [1.165, 1.54) is 32.1 Å². The SMILES string of the molecule is CCCCCCCCn1nnc(C(=O)OCC)c1CN. The maximum Gasteiger partial charge on any atom is 0.360 e. The topological polar surface area (TPSA) is 83.0 Å². The minimum atomic E-state index is -0.442. The van der Waals surface area contributed by atoms with Crippen molar-refractivity contribution in [3.63, 3.8) is 0 Å². The minimum Gasteiger partial charge on any atom is -0.461 e. The highest BCUT2D eigenvalue weighted by Crippen LogP contribution is 2.10. The van der Waals surface area contributed by atoms with E-state index >= 15 is 0 Å². The minimum absolute atomic E-state index is 0.247. The lowest BCUT2D eigenvalue weighted by Crippen LogP contribution is -2.14. The number of hydrogen-bond donors (Lipinski definition) is 1. The van der Waals surface area contributed by atoms with Gasteiger partial charge in [-0.05, 0) is 13.3 Å². The molecule has 0 unspecified atom stereocenters. The number of nitrogens with zero attached hydrogens (tertiary/aromatic N) is 3. The Morgan fingerprint density at radius 3 is 2.55 bits per heavy atom. The van der Waals surface area contributed by atoms with Crippen molar-refractivity contribution in [3.05, 3.63) is 11.4 Å². The second kappa shape index (κ2) is 9.47. The van der Waals surface area contributed by atoms with E-state index in [4.69, 9.17) is 10.5 Å². The number of ether oxygens (including phenoxy) is 1. The van der Waals surface area contributed by atoms with Crippen LogP contribution in [0.3, 0.4) is 0 Å². The van der Waals surface area contributed by atoms with Gasteiger partial charge in [0.05, 0.1) is 12.3 Å². The summed E-state index contributed by atoms with van der Waals surface area (Å²) in [7, 11) is 0. The molecule has 0 spiro atoms. The predicted molar refractivity (Wildman–Crippen MR) is 77.2 cm³/mol. The van der Waals surface area contributed by atoms with Crippen LogP contribution >= 0.6 is 0 Å². The number of esters is 1. The van der Waals surface area contributed by atoms with Gasteiger partial charge in [-0.3, -0.25) is 0 Å². The lowest BCUT2D eigenvalue weighted by molar-refractivity contribution is 0.0518. The maximum absolute atomic E-state index is 11.7. The molecule has 0 aromatic carbocycles. The van der Waals surface area contributed by atoms with E-state index in [0.29, 0.717) is 12.3 Å². The highest BCUT2D eigenvalue weighted by Gasteiger charge is 2.19. The fourth-order valence-corrected chi connectivity index (χ4v) is 2.11. The molecule has 0 aliphatic heterocycles. The van der Waals surface area contributed by atoms with Gasteiger partial charge in [0.1, 0.15) is 0 Å². The van der Waals surface area contributed by atoms with Crippen molar-refractivity contribution in [1.82, 2.24) is 15.0 Å². The highest BCUT2D eigenvalue weighted by atomic mass is 16.5. The summed E-state index contributed by atoms with van der Waals surface area (Å²) in [5, 5.41) is 7.90. The molecule has 1 rings (SSSR count). The van der Waals surface area contributed by atoms with Crippen LogP contribution in [0, 0.1) is 0 Å². The quantitative estimate of drug-likeness (QED) is 0.526. The van der Waals surface area contributed by atoms with Crippen molar-refractivity contribution in [3.8, 4) is 0 Å². The first-order valence-corrected chi connectivity index (χ1v) is 7.54. The summed E-state index contributed by atoms with van der Waals surface area (Å²) in [4.78, 5) is 11.7. The molecule has 0 aliphatic rings. The molecule has 6 heteroatoms. The van der Waals surface area contributed by atoms with Gasteiger partial charge in [-0.15, -0.1) is 5.10 Å². The number of nitrogens with two attached hydrogens (primary N) is 1. The first-order valence-electron chi connectivity index (χ1n) is 7.54. The summed E-state index contributed by atoms with van der Waals surface area (Å²) in [5.41, 5.74) is 6.61. The normalized spacial score (nSPS) is 10.8. The van der Waals surface area contributed by atoms with Crippen molar-refractivity contribution in [2.45, 2.75) is 65.5 Å². The van der Waals surface area contributed by atoms with Crippen LogP contribution in [0.15, 0.2) is 0 Å². The lowest BCUT2D eigenvalue weighted by Gasteiger charge is -2.06. The number of unbranched alkanes of at least 4 members (excludes halogenated alkanes) is 5. The van der Waals surface area contributed by atoms with Gasteiger partial charge < -0.3 is 10.5 Å². The summed E-state index contributed by atoms with van der Waals surface area (Å²) in [6.07, 6.45) is 7.27. The van der Waals surface area contributed by atoms with Gasteiger partial charge in [-0.2, -0.15) is 0 Å². The highest BCUT2D eigenvalue weighted by molar-refractivity contribution is 5.88. The molecule has 0 bridgehead atoms. The predicted octanol–water partition coefficient (Wildman–Crippen LogP) is 2.27. The van der Waals surface area contributed by atoms with Crippen LogP contribution < -0.4 is 5.73 Å². The molecule has 114 valence electrons. The zero-order valence-corrected chi connectivity index (χ0v) is 12.6. The van der Waals surface area contributed by atoms with Crippen LogP contribution in [0.4, 0.5) is 0 Å². The Hall–Kier alpha value is -1.43. The third-order valence-corrected chi connectivity index (χ3v) is 3.22. The third-order valence-electron chi connectivity index (χ3n) is 3.22. The van der Waals surface area contributed by atoms with E-state index in [2.05, 4.69) is 17.2 Å². The maximum atomic E-state index is 11.7. The van der Waals surface area contributed by atoms with Crippen molar-refractivity contribution < 1.29 is 9.53 Å². The van der Waals surface area contributed by atoms with Crippen molar-refractivity contribution in [2.24, 2.45) is 5.73 Å². The largest absolute Gasteiger partial charge is 0.461 e. The van der Waals surface area contributed by atoms with E-state index in [9.17, 15) is 4.79 Å². The zero-order chi connectivity index (χ0) is 14.8. The summed E-state index contributed by atoms with van der Waals surface area (Å²) in [6, 6.07) is 0. The van der Waals surface area contributed by atoms with Gasteiger partial charge in [-0.1, -0.05) is 44.2 Å². The van der Waals surface area contributed by atoms with Gasteiger partial charge in [0.2, 0.25) is 0 Å². The first-order chi connectivity index (χ1) is 9.74. The fraction of sp³-hybridized carbons (Fsp3) is 0.786. The molecule has 1 aromatic heterocycles.